The van der Waals surface area contributed by atoms with E-state index in [1.165, 1.54) is 35.3 Å². The molecule has 0 N–H and O–H groups in total. The first-order valence-electron chi connectivity index (χ1n) is 13.0. The smallest absolute Gasteiger partial charge is 0.300 e. The molecule has 0 radical (unpaired) electrons. The van der Waals surface area contributed by atoms with Gasteiger partial charge in [-0.15, -0.1) is 4.40 Å². The standard InChI is InChI=1S/C27H34ClN5O2S2/c1-36-27(30-37(34,35)32-18-14-24(15-19-32)31-16-6-3-7-17-31)33-20-25(21-8-4-2-5-9-21)26(29-33)22-10-12-23(28)13-11-22/h2,4-5,8-13,24-25H,3,6-7,14-20H2,1H3. The lowest BCUT2D eigenvalue weighted by atomic mass is 9.91. The molecule has 3 heterocycles. The van der Waals surface area contributed by atoms with Crippen molar-refractivity contribution in [3.8, 4) is 0 Å². The lowest BCUT2D eigenvalue weighted by Gasteiger charge is -2.39. The zero-order valence-corrected chi connectivity index (χ0v) is 23.6. The highest BCUT2D eigenvalue weighted by atomic mass is 35.5. The molecule has 7 nitrogen and oxygen atoms in total. The summed E-state index contributed by atoms with van der Waals surface area (Å²) in [4.78, 5) is 2.55. The van der Waals surface area contributed by atoms with Crippen LogP contribution < -0.4 is 0 Å². The number of rotatable bonds is 5. The molecule has 2 fully saturated rings. The predicted molar refractivity (Wildman–Crippen MR) is 154 cm³/mol. The van der Waals surface area contributed by atoms with Crippen LogP contribution in [0.5, 0.6) is 0 Å². The molecule has 5 rings (SSSR count). The summed E-state index contributed by atoms with van der Waals surface area (Å²) in [7, 11) is -3.80. The van der Waals surface area contributed by atoms with Crippen LogP contribution in [-0.4, -0.2) is 78.5 Å². The van der Waals surface area contributed by atoms with E-state index in [0.717, 1.165) is 42.8 Å². The van der Waals surface area contributed by atoms with Gasteiger partial charge < -0.3 is 4.90 Å². The van der Waals surface area contributed by atoms with E-state index in [0.29, 0.717) is 35.9 Å². The van der Waals surface area contributed by atoms with Gasteiger partial charge in [0.05, 0.1) is 12.3 Å². The van der Waals surface area contributed by atoms with Gasteiger partial charge in [0, 0.05) is 30.1 Å². The number of hydrazone groups is 1. The third-order valence-corrected chi connectivity index (χ3v) is 9.97. The minimum absolute atomic E-state index is 0.0114. The van der Waals surface area contributed by atoms with Crippen molar-refractivity contribution < 1.29 is 8.42 Å². The third kappa shape index (κ3) is 6.23. The van der Waals surface area contributed by atoms with Crippen LogP contribution in [-0.2, 0) is 10.2 Å². The number of piperidine rings is 2. The van der Waals surface area contributed by atoms with Gasteiger partial charge in [0.25, 0.3) is 0 Å². The maximum Gasteiger partial charge on any atom is 0.324 e. The second-order valence-electron chi connectivity index (χ2n) is 9.82. The maximum absolute atomic E-state index is 13.4. The number of amidine groups is 1. The molecular weight excluding hydrogens is 526 g/mol. The summed E-state index contributed by atoms with van der Waals surface area (Å²) in [5, 5.41) is 7.68. The Morgan fingerprint density at radius 3 is 2.30 bits per heavy atom. The average molecular weight is 560 g/mol. The summed E-state index contributed by atoms with van der Waals surface area (Å²) in [6.45, 7) is 3.82. The number of benzene rings is 2. The van der Waals surface area contributed by atoms with Crippen LogP contribution in [0, 0.1) is 0 Å². The molecule has 1 unspecified atom stereocenters. The van der Waals surface area contributed by atoms with E-state index in [-0.39, 0.29) is 5.92 Å². The molecule has 0 saturated carbocycles. The molecular formula is C27H34ClN5O2S2. The van der Waals surface area contributed by atoms with Crippen molar-refractivity contribution in [3.63, 3.8) is 0 Å². The topological polar surface area (TPSA) is 68.6 Å². The highest BCUT2D eigenvalue weighted by Gasteiger charge is 2.34. The molecule has 2 aromatic carbocycles. The lowest BCUT2D eigenvalue weighted by Crippen LogP contribution is -2.48. The van der Waals surface area contributed by atoms with E-state index in [2.05, 4.69) is 21.4 Å². The van der Waals surface area contributed by atoms with Gasteiger partial charge >= 0.3 is 10.2 Å². The third-order valence-electron chi connectivity index (χ3n) is 7.51. The molecule has 2 saturated heterocycles. The molecule has 2 aromatic rings. The van der Waals surface area contributed by atoms with Crippen molar-refractivity contribution >= 4 is 44.5 Å². The van der Waals surface area contributed by atoms with Crippen molar-refractivity contribution in [1.82, 2.24) is 14.2 Å². The van der Waals surface area contributed by atoms with Gasteiger partial charge in [-0.2, -0.15) is 17.8 Å². The maximum atomic E-state index is 13.4. The van der Waals surface area contributed by atoms with Crippen molar-refractivity contribution in [1.29, 1.82) is 0 Å². The molecule has 0 spiro atoms. The Morgan fingerprint density at radius 2 is 1.65 bits per heavy atom. The summed E-state index contributed by atoms with van der Waals surface area (Å²) in [5.74, 6) is -0.0114. The number of likely N-dealkylation sites (tertiary alicyclic amines) is 1. The monoisotopic (exact) mass is 559 g/mol. The van der Waals surface area contributed by atoms with Crippen LogP contribution in [0.4, 0.5) is 0 Å². The Hall–Kier alpha value is -1.91. The molecule has 0 bridgehead atoms. The van der Waals surface area contributed by atoms with Gasteiger partial charge in [0.2, 0.25) is 0 Å². The normalized spacial score (nSPS) is 22.9. The molecule has 0 amide bonds. The van der Waals surface area contributed by atoms with E-state index in [1.54, 1.807) is 5.01 Å². The quantitative estimate of drug-likeness (QED) is 0.378. The summed E-state index contributed by atoms with van der Waals surface area (Å²) in [6, 6.07) is 18.3. The molecule has 198 valence electrons. The fraction of sp³-hybridized carbons (Fsp3) is 0.481. The van der Waals surface area contributed by atoms with Gasteiger partial charge in [-0.25, -0.2) is 5.01 Å². The van der Waals surface area contributed by atoms with Gasteiger partial charge in [-0.05, 0) is 68.3 Å². The van der Waals surface area contributed by atoms with Crippen molar-refractivity contribution in [3.05, 3.63) is 70.7 Å². The van der Waals surface area contributed by atoms with E-state index >= 15 is 0 Å². The first-order chi connectivity index (χ1) is 17.9. The first-order valence-corrected chi connectivity index (χ1v) is 16.0. The second-order valence-corrected chi connectivity index (χ2v) is 12.6. The van der Waals surface area contributed by atoms with Crippen LogP contribution >= 0.6 is 23.4 Å². The Labute approximate surface area is 229 Å². The Bertz CT molecular complexity index is 1220. The summed E-state index contributed by atoms with van der Waals surface area (Å²) in [5.41, 5.74) is 2.97. The van der Waals surface area contributed by atoms with Crippen molar-refractivity contribution in [2.45, 2.75) is 44.1 Å². The largest absolute Gasteiger partial charge is 0.324 e. The summed E-state index contributed by atoms with van der Waals surface area (Å²) < 4.78 is 32.6. The van der Waals surface area contributed by atoms with Crippen LogP contribution in [0.25, 0.3) is 0 Å². The number of hydrogen-bond acceptors (Lipinski definition) is 5. The van der Waals surface area contributed by atoms with E-state index in [9.17, 15) is 8.42 Å². The Balaban J connectivity index is 1.35. The zero-order chi connectivity index (χ0) is 25.8. The molecule has 10 heteroatoms. The molecule has 37 heavy (non-hydrogen) atoms. The number of hydrogen-bond donors (Lipinski definition) is 0. The fourth-order valence-electron chi connectivity index (χ4n) is 5.52. The Morgan fingerprint density at radius 1 is 0.973 bits per heavy atom. The lowest BCUT2D eigenvalue weighted by molar-refractivity contribution is 0.118. The van der Waals surface area contributed by atoms with Gasteiger partial charge in [-0.3, -0.25) is 0 Å². The minimum Gasteiger partial charge on any atom is -0.300 e. The van der Waals surface area contributed by atoms with Crippen LogP contribution in [0.1, 0.15) is 49.1 Å². The van der Waals surface area contributed by atoms with Crippen LogP contribution in [0.15, 0.2) is 64.1 Å². The predicted octanol–water partition coefficient (Wildman–Crippen LogP) is 5.06. The molecule has 3 aliphatic rings. The van der Waals surface area contributed by atoms with Gasteiger partial charge in [0.15, 0.2) is 5.17 Å². The van der Waals surface area contributed by atoms with E-state index < -0.39 is 10.2 Å². The Kier molecular flexibility index (Phi) is 8.56. The van der Waals surface area contributed by atoms with Crippen molar-refractivity contribution in [2.24, 2.45) is 9.50 Å². The van der Waals surface area contributed by atoms with E-state index in [1.807, 2.05) is 48.7 Å². The average Bonchev–Trinajstić information content (AvgIpc) is 3.39. The second kappa shape index (κ2) is 11.9. The SMILES string of the molecule is CSC(=NS(=O)(=O)N1CCC(N2CCCCC2)CC1)N1CC(c2ccccc2)C(c2ccc(Cl)cc2)=N1. The number of halogens is 1. The molecule has 1 atom stereocenters. The zero-order valence-electron chi connectivity index (χ0n) is 21.2. The van der Waals surface area contributed by atoms with Gasteiger partial charge in [0.1, 0.15) is 0 Å². The van der Waals surface area contributed by atoms with Crippen molar-refractivity contribution in [2.75, 3.05) is 39.0 Å². The van der Waals surface area contributed by atoms with Crippen LogP contribution in [0.2, 0.25) is 5.02 Å². The summed E-state index contributed by atoms with van der Waals surface area (Å²) >= 11 is 7.44. The van der Waals surface area contributed by atoms with Crippen LogP contribution in [0.3, 0.4) is 0 Å². The fourth-order valence-corrected chi connectivity index (χ4v) is 7.63. The highest BCUT2D eigenvalue weighted by molar-refractivity contribution is 8.13. The van der Waals surface area contributed by atoms with E-state index in [4.69, 9.17) is 16.7 Å². The summed E-state index contributed by atoms with van der Waals surface area (Å²) in [6.07, 6.45) is 7.38. The molecule has 3 aliphatic heterocycles. The highest BCUT2D eigenvalue weighted by Crippen LogP contribution is 2.31. The molecule has 0 aromatic heterocycles. The molecule has 0 aliphatic carbocycles. The minimum atomic E-state index is -3.80. The van der Waals surface area contributed by atoms with Gasteiger partial charge in [-0.1, -0.05) is 72.2 Å². The first kappa shape index (κ1) is 26.7. The number of nitrogens with zero attached hydrogens (tertiary/aromatic N) is 5. The number of thioether (sulfide) groups is 1.